The average Bonchev–Trinajstić information content (AvgIpc) is 2.99. The standard InChI is InChI=1S/C15H17NO2/c1-10(11-5-3-2-4-6-11)16-13-8-7-12(9-13)14(16)15(17)18/h2-8,10,12-14H,9H2,1H3,(H,17,18)/t10-,12+,13+,14+/m1/s1. The molecule has 3 rings (SSSR count). The summed E-state index contributed by atoms with van der Waals surface area (Å²) in [4.78, 5) is 13.6. The number of likely N-dealkylation sites (tertiary alicyclic amines) is 1. The van der Waals surface area contributed by atoms with Crippen LogP contribution >= 0.6 is 0 Å². The fraction of sp³-hybridized carbons (Fsp3) is 0.400. The van der Waals surface area contributed by atoms with Crippen LogP contribution in [0.4, 0.5) is 0 Å². The molecule has 1 heterocycles. The lowest BCUT2D eigenvalue weighted by atomic mass is 9.99. The molecule has 1 aromatic rings. The van der Waals surface area contributed by atoms with Crippen LogP contribution in [0.2, 0.25) is 0 Å². The molecule has 0 aromatic heterocycles. The maximum atomic E-state index is 11.5. The van der Waals surface area contributed by atoms with Crippen LogP contribution in [0.1, 0.15) is 24.9 Å². The van der Waals surface area contributed by atoms with Crippen molar-refractivity contribution >= 4 is 5.97 Å². The summed E-state index contributed by atoms with van der Waals surface area (Å²) in [5, 5.41) is 9.43. The molecule has 4 atom stereocenters. The van der Waals surface area contributed by atoms with E-state index in [0.717, 1.165) is 6.42 Å². The molecule has 2 bridgehead atoms. The van der Waals surface area contributed by atoms with Crippen molar-refractivity contribution in [2.45, 2.75) is 31.5 Å². The quantitative estimate of drug-likeness (QED) is 0.829. The van der Waals surface area contributed by atoms with Crippen LogP contribution in [-0.4, -0.2) is 28.1 Å². The molecule has 0 saturated carbocycles. The van der Waals surface area contributed by atoms with Gasteiger partial charge in [0.2, 0.25) is 0 Å². The van der Waals surface area contributed by atoms with Crippen molar-refractivity contribution in [2.24, 2.45) is 5.92 Å². The number of aliphatic carboxylic acids is 1. The highest BCUT2D eigenvalue weighted by Crippen LogP contribution is 2.42. The first kappa shape index (κ1) is 11.5. The van der Waals surface area contributed by atoms with E-state index in [1.807, 2.05) is 18.2 Å². The zero-order chi connectivity index (χ0) is 12.7. The second-order valence-corrected chi connectivity index (χ2v) is 5.17. The predicted molar refractivity (Wildman–Crippen MR) is 69.2 cm³/mol. The number of nitrogens with zero attached hydrogens (tertiary/aromatic N) is 1. The van der Waals surface area contributed by atoms with E-state index < -0.39 is 5.97 Å². The number of fused-ring (bicyclic) bond motifs is 2. The second-order valence-electron chi connectivity index (χ2n) is 5.17. The number of rotatable bonds is 3. The van der Waals surface area contributed by atoms with Gasteiger partial charge in [0, 0.05) is 18.0 Å². The van der Waals surface area contributed by atoms with Crippen LogP contribution in [-0.2, 0) is 4.79 Å². The lowest BCUT2D eigenvalue weighted by molar-refractivity contribution is -0.144. The van der Waals surface area contributed by atoms with Crippen LogP contribution in [0.15, 0.2) is 42.5 Å². The highest BCUT2D eigenvalue weighted by molar-refractivity contribution is 5.75. The molecule has 18 heavy (non-hydrogen) atoms. The van der Waals surface area contributed by atoms with Gasteiger partial charge in [0.05, 0.1) is 0 Å². The van der Waals surface area contributed by atoms with E-state index >= 15 is 0 Å². The highest BCUT2D eigenvalue weighted by atomic mass is 16.4. The molecular formula is C15H17NO2. The van der Waals surface area contributed by atoms with Gasteiger partial charge in [-0.15, -0.1) is 0 Å². The molecule has 0 amide bonds. The van der Waals surface area contributed by atoms with Gasteiger partial charge in [-0.25, -0.2) is 0 Å². The lowest BCUT2D eigenvalue weighted by Crippen LogP contribution is -2.45. The van der Waals surface area contributed by atoms with Crippen LogP contribution in [0.5, 0.6) is 0 Å². The Morgan fingerprint density at radius 3 is 2.72 bits per heavy atom. The summed E-state index contributed by atoms with van der Waals surface area (Å²) >= 11 is 0. The fourth-order valence-electron chi connectivity index (χ4n) is 3.33. The maximum Gasteiger partial charge on any atom is 0.321 e. The van der Waals surface area contributed by atoms with Gasteiger partial charge < -0.3 is 5.11 Å². The van der Waals surface area contributed by atoms with Crippen molar-refractivity contribution < 1.29 is 9.90 Å². The number of carboxylic acids is 1. The molecular weight excluding hydrogens is 226 g/mol. The number of benzene rings is 1. The molecule has 1 fully saturated rings. The Bertz CT molecular complexity index is 483. The van der Waals surface area contributed by atoms with Gasteiger partial charge in [0.15, 0.2) is 0 Å². The smallest absolute Gasteiger partial charge is 0.321 e. The molecule has 3 heteroatoms. The molecule has 1 N–H and O–H groups in total. The predicted octanol–water partition coefficient (Wildman–Crippen LogP) is 2.46. The van der Waals surface area contributed by atoms with E-state index in [2.05, 4.69) is 36.1 Å². The zero-order valence-electron chi connectivity index (χ0n) is 10.4. The van der Waals surface area contributed by atoms with Gasteiger partial charge in [0.1, 0.15) is 6.04 Å². The second kappa shape index (κ2) is 4.25. The topological polar surface area (TPSA) is 40.5 Å². The molecule has 1 saturated heterocycles. The Morgan fingerprint density at radius 2 is 2.06 bits per heavy atom. The molecule has 1 aliphatic heterocycles. The third-order valence-corrected chi connectivity index (χ3v) is 4.19. The molecule has 94 valence electrons. The summed E-state index contributed by atoms with van der Waals surface area (Å²) in [5.74, 6) is -0.520. The molecule has 0 spiro atoms. The minimum atomic E-state index is -0.699. The van der Waals surface area contributed by atoms with Gasteiger partial charge >= 0.3 is 5.97 Å². The molecule has 0 unspecified atom stereocenters. The summed E-state index contributed by atoms with van der Waals surface area (Å²) < 4.78 is 0. The average molecular weight is 243 g/mol. The van der Waals surface area contributed by atoms with E-state index in [9.17, 15) is 9.90 Å². The summed E-state index contributed by atoms with van der Waals surface area (Å²) in [5.41, 5.74) is 1.18. The number of carboxylic acid groups (broad SMARTS) is 1. The van der Waals surface area contributed by atoms with Crippen LogP contribution in [0.3, 0.4) is 0 Å². The van der Waals surface area contributed by atoms with Crippen molar-refractivity contribution in [3.05, 3.63) is 48.0 Å². The molecule has 0 radical (unpaired) electrons. The van der Waals surface area contributed by atoms with E-state index in [4.69, 9.17) is 0 Å². The van der Waals surface area contributed by atoms with Gasteiger partial charge in [-0.05, 0) is 18.9 Å². The van der Waals surface area contributed by atoms with Crippen molar-refractivity contribution in [2.75, 3.05) is 0 Å². The van der Waals surface area contributed by atoms with Crippen molar-refractivity contribution in [3.63, 3.8) is 0 Å². The van der Waals surface area contributed by atoms with Gasteiger partial charge in [-0.1, -0.05) is 42.5 Å². The minimum Gasteiger partial charge on any atom is -0.480 e. The van der Waals surface area contributed by atoms with Crippen molar-refractivity contribution in [3.8, 4) is 0 Å². The zero-order valence-corrected chi connectivity index (χ0v) is 10.4. The molecule has 1 aromatic carbocycles. The van der Waals surface area contributed by atoms with E-state index in [1.54, 1.807) is 0 Å². The Labute approximate surface area is 107 Å². The maximum absolute atomic E-state index is 11.5. The summed E-state index contributed by atoms with van der Waals surface area (Å²) in [6, 6.07) is 10.2. The monoisotopic (exact) mass is 243 g/mol. The summed E-state index contributed by atoms with van der Waals surface area (Å²) in [7, 11) is 0. The Kier molecular flexibility index (Phi) is 2.71. The third kappa shape index (κ3) is 1.66. The normalized spacial score (nSPS) is 31.7. The van der Waals surface area contributed by atoms with E-state index in [-0.39, 0.29) is 24.0 Å². The first-order chi connectivity index (χ1) is 8.68. The Balaban J connectivity index is 1.91. The molecule has 1 aliphatic carbocycles. The number of carbonyl (C=O) groups is 1. The third-order valence-electron chi connectivity index (χ3n) is 4.19. The largest absolute Gasteiger partial charge is 0.480 e. The first-order valence-electron chi connectivity index (χ1n) is 6.42. The minimum absolute atomic E-state index is 0.146. The summed E-state index contributed by atoms with van der Waals surface area (Å²) in [6.45, 7) is 2.10. The van der Waals surface area contributed by atoms with Gasteiger partial charge in [0.25, 0.3) is 0 Å². The van der Waals surface area contributed by atoms with Gasteiger partial charge in [-0.2, -0.15) is 0 Å². The highest BCUT2D eigenvalue weighted by Gasteiger charge is 2.48. The Morgan fingerprint density at radius 1 is 1.33 bits per heavy atom. The van der Waals surface area contributed by atoms with E-state index in [1.165, 1.54) is 5.56 Å². The van der Waals surface area contributed by atoms with Crippen molar-refractivity contribution in [1.29, 1.82) is 0 Å². The number of hydrogen-bond acceptors (Lipinski definition) is 2. The number of hydrogen-bond donors (Lipinski definition) is 1. The van der Waals surface area contributed by atoms with Crippen molar-refractivity contribution in [1.82, 2.24) is 4.90 Å². The lowest BCUT2D eigenvalue weighted by Gasteiger charge is -2.35. The first-order valence-corrected chi connectivity index (χ1v) is 6.42. The molecule has 2 aliphatic rings. The van der Waals surface area contributed by atoms with E-state index in [0.29, 0.717) is 0 Å². The van der Waals surface area contributed by atoms with Gasteiger partial charge in [-0.3, -0.25) is 9.69 Å². The summed E-state index contributed by atoms with van der Waals surface area (Å²) in [6.07, 6.45) is 5.18. The Hall–Kier alpha value is -1.61. The molecule has 3 nitrogen and oxygen atoms in total. The SMILES string of the molecule is C[C@H](c1ccccc1)N1[C@H](C(=O)O)[C@H]2C=C[C@H]1C2. The van der Waals surface area contributed by atoms with Crippen LogP contribution in [0.25, 0.3) is 0 Å². The van der Waals surface area contributed by atoms with Crippen LogP contribution in [0, 0.1) is 5.92 Å². The fourth-order valence-corrected chi connectivity index (χ4v) is 3.33. The van der Waals surface area contributed by atoms with Crippen LogP contribution < -0.4 is 0 Å².